The zero-order chi connectivity index (χ0) is 59.9. The van der Waals surface area contributed by atoms with Crippen LogP contribution in [0, 0.1) is 5.92 Å². The molecule has 0 aliphatic rings. The van der Waals surface area contributed by atoms with Gasteiger partial charge in [0.2, 0.25) is 0 Å². The van der Waals surface area contributed by atoms with Crippen LogP contribution in [0.4, 0.5) is 0 Å². The standard InChI is InChI=1S/C62H116O17P2/c1-6-9-12-15-18-21-22-23-24-25-26-27-32-38-43-48-62(67)79-58(52-73-60(65)46-41-36-33-28-29-34-39-44-55(4)5)54-77-81(70,71)75-50-56(63)49-74-80(68,69)76-53-57(78-61(66)47-42-37-31-20-17-14-11-8-3)51-72-59(64)45-40-35-30-19-16-13-10-7-2/h21-24,55-58,63H,6-20,25-54H2,1-5H3,(H,68,69)(H,70,71)/b22-21-,24-23-/t56-,57+,58+/m0/s1. The molecule has 0 fully saturated rings. The van der Waals surface area contributed by atoms with Gasteiger partial charge in [0, 0.05) is 25.7 Å². The minimum absolute atomic E-state index is 0.0841. The minimum atomic E-state index is -4.95. The van der Waals surface area contributed by atoms with Gasteiger partial charge in [-0.05, 0) is 57.3 Å². The van der Waals surface area contributed by atoms with E-state index in [1.165, 1.54) is 77.0 Å². The smallest absolute Gasteiger partial charge is 0.462 e. The van der Waals surface area contributed by atoms with Crippen LogP contribution in [0.2, 0.25) is 0 Å². The van der Waals surface area contributed by atoms with E-state index in [1.807, 2.05) is 0 Å². The average Bonchev–Trinajstić information content (AvgIpc) is 3.43. The van der Waals surface area contributed by atoms with Crippen molar-refractivity contribution in [3.05, 3.63) is 24.3 Å². The van der Waals surface area contributed by atoms with E-state index in [9.17, 15) is 43.2 Å². The van der Waals surface area contributed by atoms with Crippen molar-refractivity contribution in [1.82, 2.24) is 0 Å². The first-order valence-electron chi connectivity index (χ1n) is 32.0. The third kappa shape index (κ3) is 56.4. The van der Waals surface area contributed by atoms with Crippen molar-refractivity contribution in [1.29, 1.82) is 0 Å². The molecule has 0 aliphatic heterocycles. The monoisotopic (exact) mass is 1190 g/mol. The van der Waals surface area contributed by atoms with E-state index < -0.39 is 97.5 Å². The van der Waals surface area contributed by atoms with Crippen LogP contribution in [-0.4, -0.2) is 96.7 Å². The number of esters is 4. The molecule has 5 atom stereocenters. The number of phosphoric ester groups is 2. The summed E-state index contributed by atoms with van der Waals surface area (Å²) in [4.78, 5) is 71.9. The number of aliphatic hydroxyl groups excluding tert-OH is 1. The number of hydrogen-bond donors (Lipinski definition) is 3. The molecular weight excluding hydrogens is 1080 g/mol. The minimum Gasteiger partial charge on any atom is -0.462 e. The number of aliphatic hydroxyl groups is 1. The highest BCUT2D eigenvalue weighted by atomic mass is 31.2. The Balaban J connectivity index is 5.24. The Hall–Kier alpha value is -2.46. The summed E-state index contributed by atoms with van der Waals surface area (Å²) in [6, 6.07) is 0. The normalized spacial score (nSPS) is 14.5. The van der Waals surface area contributed by atoms with E-state index in [2.05, 4.69) is 58.9 Å². The maximum Gasteiger partial charge on any atom is 0.472 e. The summed E-state index contributed by atoms with van der Waals surface area (Å²) in [5, 5.41) is 10.5. The molecule has 0 aromatic rings. The van der Waals surface area contributed by atoms with Gasteiger partial charge in [-0.3, -0.25) is 37.3 Å². The first-order valence-corrected chi connectivity index (χ1v) is 34.9. The van der Waals surface area contributed by atoms with Gasteiger partial charge in [0.15, 0.2) is 12.2 Å². The third-order valence-corrected chi connectivity index (χ3v) is 15.6. The number of ether oxygens (including phenoxy) is 4. The fourth-order valence-electron chi connectivity index (χ4n) is 8.69. The predicted octanol–water partition coefficient (Wildman–Crippen LogP) is 16.6. The van der Waals surface area contributed by atoms with Gasteiger partial charge in [-0.2, -0.15) is 0 Å². The molecule has 17 nitrogen and oxygen atoms in total. The Bertz CT molecular complexity index is 1680. The maximum absolute atomic E-state index is 12.9. The van der Waals surface area contributed by atoms with Crippen LogP contribution in [0.3, 0.4) is 0 Å². The fraction of sp³-hybridized carbons (Fsp3) is 0.871. The molecule has 0 aromatic heterocycles. The molecule has 0 aromatic carbocycles. The Morgan fingerprint density at radius 1 is 0.383 bits per heavy atom. The number of allylic oxidation sites excluding steroid dienone is 4. The molecule has 81 heavy (non-hydrogen) atoms. The SMILES string of the molecule is CCCCCC/C=C\C=C/CCCCCCCC(=O)O[C@H](COC(=O)CCCCCCCCCC(C)C)COP(=O)(O)OC[C@@H](O)COP(=O)(O)OC[C@@H](COC(=O)CCCCCCCCCC)OC(=O)CCCCCCCCCC. The molecule has 0 radical (unpaired) electrons. The summed E-state index contributed by atoms with van der Waals surface area (Å²) in [6.45, 7) is 7.00. The highest BCUT2D eigenvalue weighted by Crippen LogP contribution is 2.45. The van der Waals surface area contributed by atoms with Crippen molar-refractivity contribution >= 4 is 39.5 Å². The molecule has 0 heterocycles. The first kappa shape index (κ1) is 78.5. The lowest BCUT2D eigenvalue weighted by Crippen LogP contribution is -2.30. The van der Waals surface area contributed by atoms with Crippen molar-refractivity contribution in [2.75, 3.05) is 39.6 Å². The molecule has 3 N–H and O–H groups in total. The second-order valence-electron chi connectivity index (χ2n) is 22.2. The number of hydrogen-bond acceptors (Lipinski definition) is 15. The van der Waals surface area contributed by atoms with Crippen LogP contribution in [-0.2, 0) is 65.4 Å². The summed E-state index contributed by atoms with van der Waals surface area (Å²) in [6.07, 6.45) is 41.3. The largest absolute Gasteiger partial charge is 0.472 e. The third-order valence-electron chi connectivity index (χ3n) is 13.7. The molecule has 0 rings (SSSR count). The van der Waals surface area contributed by atoms with Crippen molar-refractivity contribution < 1.29 is 80.2 Å². The summed E-state index contributed by atoms with van der Waals surface area (Å²) in [7, 11) is -9.89. The molecule has 0 amide bonds. The van der Waals surface area contributed by atoms with Crippen molar-refractivity contribution in [2.24, 2.45) is 5.92 Å². The van der Waals surface area contributed by atoms with E-state index >= 15 is 0 Å². The number of rotatable bonds is 60. The average molecular weight is 1200 g/mol. The van der Waals surface area contributed by atoms with Crippen LogP contribution >= 0.6 is 15.6 Å². The fourth-order valence-corrected chi connectivity index (χ4v) is 10.3. The van der Waals surface area contributed by atoms with Gasteiger partial charge in [0.05, 0.1) is 26.4 Å². The summed E-state index contributed by atoms with van der Waals surface area (Å²) >= 11 is 0. The van der Waals surface area contributed by atoms with E-state index in [1.54, 1.807) is 0 Å². The van der Waals surface area contributed by atoms with Crippen molar-refractivity contribution in [3.63, 3.8) is 0 Å². The molecule has 19 heteroatoms. The second kappa shape index (κ2) is 55.4. The molecule has 0 aliphatic carbocycles. The topological polar surface area (TPSA) is 237 Å². The van der Waals surface area contributed by atoms with Gasteiger partial charge in [-0.25, -0.2) is 9.13 Å². The summed E-state index contributed by atoms with van der Waals surface area (Å²) < 4.78 is 67.7. The molecule has 476 valence electrons. The first-order chi connectivity index (χ1) is 39.0. The predicted molar refractivity (Wildman–Crippen MR) is 321 cm³/mol. The van der Waals surface area contributed by atoms with Crippen LogP contribution in [0.15, 0.2) is 24.3 Å². The number of unbranched alkanes of at least 4 members (excludes halogenated alkanes) is 29. The highest BCUT2D eigenvalue weighted by molar-refractivity contribution is 7.47. The van der Waals surface area contributed by atoms with E-state index in [4.69, 9.17) is 37.0 Å². The van der Waals surface area contributed by atoms with Crippen molar-refractivity contribution in [3.8, 4) is 0 Å². The van der Waals surface area contributed by atoms with E-state index in [0.29, 0.717) is 31.6 Å². The molecular formula is C62H116O17P2. The Labute approximate surface area is 491 Å². The Kier molecular flexibility index (Phi) is 53.7. The molecule has 0 spiro atoms. The number of carbonyl (C=O) groups excluding carboxylic acids is 4. The zero-order valence-corrected chi connectivity index (χ0v) is 53.2. The van der Waals surface area contributed by atoms with Crippen LogP contribution in [0.1, 0.15) is 285 Å². The van der Waals surface area contributed by atoms with Crippen LogP contribution < -0.4 is 0 Å². The molecule has 0 saturated heterocycles. The Morgan fingerprint density at radius 3 is 1.01 bits per heavy atom. The van der Waals surface area contributed by atoms with E-state index in [-0.39, 0.29) is 25.7 Å². The van der Waals surface area contributed by atoms with Gasteiger partial charge in [0.1, 0.15) is 19.3 Å². The second-order valence-corrected chi connectivity index (χ2v) is 25.1. The lowest BCUT2D eigenvalue weighted by molar-refractivity contribution is -0.161. The van der Waals surface area contributed by atoms with Gasteiger partial charge in [-0.15, -0.1) is 0 Å². The van der Waals surface area contributed by atoms with Gasteiger partial charge >= 0.3 is 39.5 Å². The van der Waals surface area contributed by atoms with Crippen LogP contribution in [0.25, 0.3) is 0 Å². The summed E-state index contributed by atoms with van der Waals surface area (Å²) in [5.74, 6) is -1.47. The molecule has 0 bridgehead atoms. The lowest BCUT2D eigenvalue weighted by Gasteiger charge is -2.21. The molecule has 2 unspecified atom stereocenters. The van der Waals surface area contributed by atoms with Gasteiger partial charge in [0.25, 0.3) is 0 Å². The van der Waals surface area contributed by atoms with E-state index in [0.717, 1.165) is 122 Å². The number of carbonyl (C=O) groups is 4. The molecule has 0 saturated carbocycles. The quantitative estimate of drug-likeness (QED) is 0.0169. The summed E-state index contributed by atoms with van der Waals surface area (Å²) in [5.41, 5.74) is 0. The zero-order valence-electron chi connectivity index (χ0n) is 51.4. The van der Waals surface area contributed by atoms with Gasteiger partial charge in [-0.1, -0.05) is 232 Å². The Morgan fingerprint density at radius 2 is 0.667 bits per heavy atom. The van der Waals surface area contributed by atoms with Crippen molar-refractivity contribution in [2.45, 2.75) is 303 Å². The lowest BCUT2D eigenvalue weighted by atomic mass is 10.0. The van der Waals surface area contributed by atoms with Crippen LogP contribution in [0.5, 0.6) is 0 Å². The number of phosphoric acid groups is 2. The highest BCUT2D eigenvalue weighted by Gasteiger charge is 2.30. The maximum atomic E-state index is 12.9. The van der Waals surface area contributed by atoms with Gasteiger partial charge < -0.3 is 33.8 Å².